The first-order valence-electron chi connectivity index (χ1n) is 28.4. The van der Waals surface area contributed by atoms with Gasteiger partial charge in [-0.25, -0.2) is 0 Å². The Labute approximate surface area is 431 Å². The fraction of sp³-hybridized carbons (Fsp3) is 0.733. The number of esters is 1. The van der Waals surface area contributed by atoms with Crippen LogP contribution >= 0.6 is 7.82 Å². The molecule has 0 aromatic carbocycles. The molecule has 0 saturated heterocycles. The third-order valence-electron chi connectivity index (χ3n) is 12.1. The van der Waals surface area contributed by atoms with Crippen molar-refractivity contribution in [1.29, 1.82) is 0 Å². The summed E-state index contributed by atoms with van der Waals surface area (Å²) in [6.45, 7) is 6.73. The standard InChI is InChI=1S/C60H107N2O7P/c1-7-10-13-16-19-22-25-27-29-31-33-35-38-41-44-47-50-53-60(64)69-58(51-48-45-42-39-36-24-21-18-15-12-9-3)57(56-68-70(65,66)67-55-54-62(4,5)6)61-59(63)52-49-46-43-40-37-34-32-30-28-26-23-20-17-14-11-8-2/h19,22,27,29-30,32-35,37,41,44,48,51,57-58H,7-18,20-21,23-26,28,31,36,38-40,42-43,45-47,49-50,52-56H2,1-6H3,(H-,61,63,65,66)/b22-19-,29-27-,32-30+,35-33-,37-34+,44-41-,51-48+. The normalized spacial score (nSPS) is 14.4. The minimum Gasteiger partial charge on any atom is -0.756 e. The number of likely N-dealkylation sites (N-methyl/N-ethyl adjacent to an activating group) is 1. The zero-order valence-electron chi connectivity index (χ0n) is 45.9. The van der Waals surface area contributed by atoms with Gasteiger partial charge < -0.3 is 28.5 Å². The van der Waals surface area contributed by atoms with E-state index in [2.05, 4.69) is 99.0 Å². The third kappa shape index (κ3) is 50.1. The Morgan fingerprint density at radius 1 is 0.514 bits per heavy atom. The highest BCUT2D eigenvalue weighted by Gasteiger charge is 2.27. The molecule has 1 N–H and O–H groups in total. The minimum atomic E-state index is -4.71. The van der Waals surface area contributed by atoms with Gasteiger partial charge in [0.2, 0.25) is 5.91 Å². The van der Waals surface area contributed by atoms with Crippen LogP contribution in [0.3, 0.4) is 0 Å². The molecule has 9 nitrogen and oxygen atoms in total. The first kappa shape index (κ1) is 67.2. The number of unbranched alkanes of at least 4 members (excludes halogenated alkanes) is 23. The van der Waals surface area contributed by atoms with Gasteiger partial charge in [-0.1, -0.05) is 209 Å². The van der Waals surface area contributed by atoms with E-state index in [4.69, 9.17) is 13.8 Å². The lowest BCUT2D eigenvalue weighted by Crippen LogP contribution is -2.47. The number of hydrogen-bond donors (Lipinski definition) is 1. The van der Waals surface area contributed by atoms with Gasteiger partial charge in [-0.2, -0.15) is 0 Å². The van der Waals surface area contributed by atoms with Gasteiger partial charge in [0.25, 0.3) is 7.82 Å². The second kappa shape index (κ2) is 49.8. The van der Waals surface area contributed by atoms with Gasteiger partial charge in [0.05, 0.1) is 33.8 Å². The maximum atomic E-state index is 13.5. The summed E-state index contributed by atoms with van der Waals surface area (Å²) in [7, 11) is 1.13. The van der Waals surface area contributed by atoms with Gasteiger partial charge in [0.15, 0.2) is 0 Å². The molecule has 404 valence electrons. The lowest BCUT2D eigenvalue weighted by atomic mass is 10.1. The molecule has 0 aliphatic carbocycles. The van der Waals surface area contributed by atoms with E-state index >= 15 is 0 Å². The summed E-state index contributed by atoms with van der Waals surface area (Å²) in [6.07, 6.45) is 64.1. The predicted molar refractivity (Wildman–Crippen MR) is 298 cm³/mol. The molecule has 1 amide bonds. The van der Waals surface area contributed by atoms with E-state index in [-0.39, 0.29) is 25.4 Å². The van der Waals surface area contributed by atoms with Crippen molar-refractivity contribution in [2.75, 3.05) is 40.9 Å². The van der Waals surface area contributed by atoms with E-state index in [9.17, 15) is 19.0 Å². The Morgan fingerprint density at radius 3 is 1.44 bits per heavy atom. The molecule has 3 atom stereocenters. The van der Waals surface area contributed by atoms with Crippen LogP contribution < -0.4 is 10.2 Å². The smallest absolute Gasteiger partial charge is 0.306 e. The monoisotopic (exact) mass is 999 g/mol. The molecule has 0 bridgehead atoms. The molecule has 0 fully saturated rings. The molecule has 0 radical (unpaired) electrons. The average Bonchev–Trinajstić information content (AvgIpc) is 3.32. The number of ether oxygens (including phenoxy) is 1. The number of quaternary nitrogens is 1. The summed E-state index contributed by atoms with van der Waals surface area (Å²) in [5.41, 5.74) is 0. The number of amides is 1. The Kier molecular flexibility index (Phi) is 47.8. The van der Waals surface area contributed by atoms with Crippen LogP contribution in [0.1, 0.15) is 233 Å². The Hall–Kier alpha value is -2.81. The van der Waals surface area contributed by atoms with E-state index in [1.807, 2.05) is 27.2 Å². The number of carbonyl (C=O) groups excluding carboxylic acids is 2. The summed E-state index contributed by atoms with van der Waals surface area (Å²) >= 11 is 0. The quantitative estimate of drug-likeness (QED) is 0.0161. The first-order chi connectivity index (χ1) is 33.9. The van der Waals surface area contributed by atoms with Crippen LogP contribution in [0.25, 0.3) is 0 Å². The van der Waals surface area contributed by atoms with Gasteiger partial charge in [-0.3, -0.25) is 14.2 Å². The van der Waals surface area contributed by atoms with Gasteiger partial charge in [-0.05, 0) is 96.0 Å². The predicted octanol–water partition coefficient (Wildman–Crippen LogP) is 16.4. The Morgan fingerprint density at radius 2 is 0.929 bits per heavy atom. The molecule has 0 aliphatic rings. The first-order valence-corrected chi connectivity index (χ1v) is 29.9. The highest BCUT2D eigenvalue weighted by molar-refractivity contribution is 7.45. The zero-order chi connectivity index (χ0) is 51.5. The van der Waals surface area contributed by atoms with E-state index < -0.39 is 32.5 Å². The average molecular weight is 999 g/mol. The van der Waals surface area contributed by atoms with Crippen molar-refractivity contribution in [1.82, 2.24) is 5.32 Å². The highest BCUT2D eigenvalue weighted by atomic mass is 31.2. The maximum absolute atomic E-state index is 13.5. The number of carbonyl (C=O) groups is 2. The molecule has 0 rings (SSSR count). The Bertz CT molecular complexity index is 1480. The lowest BCUT2D eigenvalue weighted by molar-refractivity contribution is -0.870. The van der Waals surface area contributed by atoms with E-state index in [0.717, 1.165) is 70.6 Å². The topological polar surface area (TPSA) is 114 Å². The van der Waals surface area contributed by atoms with Crippen molar-refractivity contribution in [2.45, 2.75) is 245 Å². The van der Waals surface area contributed by atoms with E-state index in [1.165, 1.54) is 116 Å². The summed E-state index contributed by atoms with van der Waals surface area (Å²) in [5.74, 6) is -0.642. The molecule has 3 unspecified atom stereocenters. The van der Waals surface area contributed by atoms with Crippen LogP contribution in [0, 0.1) is 0 Å². The number of hydrogen-bond acceptors (Lipinski definition) is 7. The summed E-state index contributed by atoms with van der Waals surface area (Å²) in [4.78, 5) is 39.8. The number of phosphoric acid groups is 1. The van der Waals surface area contributed by atoms with Crippen LogP contribution in [-0.2, 0) is 27.9 Å². The maximum Gasteiger partial charge on any atom is 0.306 e. The number of phosphoric ester groups is 1. The van der Waals surface area contributed by atoms with Gasteiger partial charge in [0.1, 0.15) is 19.3 Å². The van der Waals surface area contributed by atoms with Gasteiger partial charge >= 0.3 is 5.97 Å². The van der Waals surface area contributed by atoms with Crippen molar-refractivity contribution in [3.05, 3.63) is 85.1 Å². The van der Waals surface area contributed by atoms with Crippen LogP contribution in [0.4, 0.5) is 0 Å². The summed E-state index contributed by atoms with van der Waals surface area (Å²) in [6, 6.07) is -0.926. The SMILES string of the molecule is CCCCC/C=C\C/C=C\C/C=C\C/C=C\CCCC(=O)OC(/C=C/CCCCCCCCCCC)C(COP(=O)([O-])OCC[N+](C)(C)C)NC(=O)CCCCC/C=C/C=C/CCCCCCCCC. The van der Waals surface area contributed by atoms with Crippen LogP contribution in [0.2, 0.25) is 0 Å². The van der Waals surface area contributed by atoms with E-state index in [0.29, 0.717) is 23.9 Å². The van der Waals surface area contributed by atoms with Crippen LogP contribution in [0.5, 0.6) is 0 Å². The zero-order valence-corrected chi connectivity index (χ0v) is 46.8. The summed E-state index contributed by atoms with van der Waals surface area (Å²) in [5, 5.41) is 2.98. The molecule has 0 heterocycles. The van der Waals surface area contributed by atoms with Crippen molar-refractivity contribution in [3.63, 3.8) is 0 Å². The third-order valence-corrected chi connectivity index (χ3v) is 13.0. The largest absolute Gasteiger partial charge is 0.756 e. The molecule has 10 heteroatoms. The highest BCUT2D eigenvalue weighted by Crippen LogP contribution is 2.38. The fourth-order valence-electron chi connectivity index (χ4n) is 7.62. The molecule has 0 aliphatic heterocycles. The minimum absolute atomic E-state index is 0.0392. The number of allylic oxidation sites excluding steroid dienone is 13. The van der Waals surface area contributed by atoms with Crippen molar-refractivity contribution < 1.29 is 37.3 Å². The van der Waals surface area contributed by atoms with Crippen molar-refractivity contribution in [3.8, 4) is 0 Å². The molecular formula is C60H107N2O7P. The fourth-order valence-corrected chi connectivity index (χ4v) is 8.34. The van der Waals surface area contributed by atoms with Crippen molar-refractivity contribution in [2.24, 2.45) is 0 Å². The second-order valence-corrected chi connectivity index (χ2v) is 21.5. The molecule has 0 aromatic heterocycles. The Balaban J connectivity index is 5.48. The molecule has 70 heavy (non-hydrogen) atoms. The van der Waals surface area contributed by atoms with E-state index in [1.54, 1.807) is 6.08 Å². The number of rotatable bonds is 50. The van der Waals surface area contributed by atoms with Crippen LogP contribution in [-0.4, -0.2) is 69.4 Å². The van der Waals surface area contributed by atoms with Gasteiger partial charge in [0, 0.05) is 12.8 Å². The number of nitrogens with zero attached hydrogens (tertiary/aromatic N) is 1. The van der Waals surface area contributed by atoms with Gasteiger partial charge in [-0.15, -0.1) is 0 Å². The second-order valence-electron chi connectivity index (χ2n) is 20.1. The molecule has 0 aromatic rings. The van der Waals surface area contributed by atoms with Crippen LogP contribution in [0.15, 0.2) is 85.1 Å². The molecular weight excluding hydrogens is 892 g/mol. The number of nitrogens with one attached hydrogen (secondary N) is 1. The lowest BCUT2D eigenvalue weighted by Gasteiger charge is -2.30. The van der Waals surface area contributed by atoms with Crippen molar-refractivity contribution >= 4 is 19.7 Å². The molecule has 0 spiro atoms. The summed E-state index contributed by atoms with van der Waals surface area (Å²) < 4.78 is 30.1. The molecule has 0 saturated carbocycles.